The maximum Gasteiger partial charge on any atom is 0.209 e. The molecular formula is C19H28FN7. The van der Waals surface area contributed by atoms with E-state index in [1.165, 1.54) is 31.7 Å². The number of anilines is 1. The first kappa shape index (κ1) is 17.2. The second-order valence-corrected chi connectivity index (χ2v) is 8.44. The monoisotopic (exact) mass is 373 g/mol. The van der Waals surface area contributed by atoms with Crippen LogP contribution in [0, 0.1) is 17.7 Å². The molecule has 2 bridgehead atoms. The Bertz CT molecular complexity index is 760. The van der Waals surface area contributed by atoms with Crippen LogP contribution in [0.25, 0.3) is 0 Å². The first-order chi connectivity index (χ1) is 13.0. The molecule has 4 atom stereocenters. The van der Waals surface area contributed by atoms with Crippen molar-refractivity contribution in [3.8, 4) is 0 Å². The fourth-order valence-electron chi connectivity index (χ4n) is 5.50. The average Bonchev–Trinajstić information content (AvgIpc) is 3.38. The highest BCUT2D eigenvalue weighted by atomic mass is 19.1. The van der Waals surface area contributed by atoms with Gasteiger partial charge >= 0.3 is 0 Å². The summed E-state index contributed by atoms with van der Waals surface area (Å²) in [6.07, 6.45) is 5.64. The molecule has 1 aromatic rings. The Balaban J connectivity index is 1.26. The van der Waals surface area contributed by atoms with Crippen LogP contribution in [0.15, 0.2) is 23.2 Å². The smallest absolute Gasteiger partial charge is 0.209 e. The zero-order valence-corrected chi connectivity index (χ0v) is 15.5. The number of nitrogens with one attached hydrogen (secondary N) is 2. The molecule has 3 fully saturated rings. The molecule has 0 aromatic heterocycles. The molecule has 4 unspecified atom stereocenters. The van der Waals surface area contributed by atoms with Crippen molar-refractivity contribution in [1.29, 1.82) is 0 Å². The number of guanidine groups is 1. The highest BCUT2D eigenvalue weighted by molar-refractivity contribution is 5.79. The second kappa shape index (κ2) is 6.32. The van der Waals surface area contributed by atoms with Crippen molar-refractivity contribution in [2.45, 2.75) is 37.5 Å². The van der Waals surface area contributed by atoms with E-state index in [0.29, 0.717) is 11.3 Å². The summed E-state index contributed by atoms with van der Waals surface area (Å²) in [5.41, 5.74) is 18.4. The summed E-state index contributed by atoms with van der Waals surface area (Å²) in [6, 6.07) is 5.84. The van der Waals surface area contributed by atoms with Gasteiger partial charge in [0.05, 0.1) is 5.69 Å². The Morgan fingerprint density at radius 2 is 1.96 bits per heavy atom. The number of piperazine rings is 1. The third-order valence-corrected chi connectivity index (χ3v) is 6.89. The van der Waals surface area contributed by atoms with Crippen molar-refractivity contribution in [2.75, 3.05) is 31.1 Å². The lowest BCUT2D eigenvalue weighted by Crippen LogP contribution is -2.52. The minimum absolute atomic E-state index is 0.193. The van der Waals surface area contributed by atoms with Crippen molar-refractivity contribution in [2.24, 2.45) is 28.3 Å². The molecule has 2 aliphatic carbocycles. The SMILES string of the molecule is NC1=NC(N)(c2ccc(N3CCN(C4CC5CCC4C5)CC3)c(F)c2)NN1. The van der Waals surface area contributed by atoms with Crippen LogP contribution in [-0.4, -0.2) is 43.1 Å². The van der Waals surface area contributed by atoms with Crippen LogP contribution < -0.4 is 27.2 Å². The Morgan fingerprint density at radius 1 is 1.15 bits per heavy atom. The van der Waals surface area contributed by atoms with Crippen LogP contribution in [0.2, 0.25) is 0 Å². The van der Waals surface area contributed by atoms with Crippen molar-refractivity contribution >= 4 is 11.6 Å². The average molecular weight is 373 g/mol. The van der Waals surface area contributed by atoms with Gasteiger partial charge in [-0.15, -0.1) is 0 Å². The van der Waals surface area contributed by atoms with Crippen molar-refractivity contribution in [3.05, 3.63) is 29.6 Å². The van der Waals surface area contributed by atoms with E-state index in [9.17, 15) is 4.39 Å². The van der Waals surface area contributed by atoms with Crippen LogP contribution in [0.1, 0.15) is 31.2 Å². The maximum atomic E-state index is 14.8. The Labute approximate surface area is 158 Å². The summed E-state index contributed by atoms with van der Waals surface area (Å²) in [7, 11) is 0. The zero-order valence-electron chi connectivity index (χ0n) is 15.5. The number of hydrogen-bond donors (Lipinski definition) is 4. The summed E-state index contributed by atoms with van der Waals surface area (Å²) in [5, 5.41) is 0. The lowest BCUT2D eigenvalue weighted by molar-refractivity contribution is 0.134. The zero-order chi connectivity index (χ0) is 18.6. The number of halogens is 1. The van der Waals surface area contributed by atoms with E-state index in [-0.39, 0.29) is 11.8 Å². The summed E-state index contributed by atoms with van der Waals surface area (Å²) in [5.74, 6) is 0.553. The molecule has 6 N–H and O–H groups in total. The van der Waals surface area contributed by atoms with Gasteiger partial charge in [-0.1, -0.05) is 12.5 Å². The number of hydrogen-bond acceptors (Lipinski definition) is 7. The van der Waals surface area contributed by atoms with Gasteiger partial charge in [0.15, 0.2) is 0 Å². The molecule has 1 saturated heterocycles. The number of rotatable bonds is 3. The van der Waals surface area contributed by atoms with E-state index >= 15 is 0 Å². The first-order valence-corrected chi connectivity index (χ1v) is 9.98. The van der Waals surface area contributed by atoms with Gasteiger partial charge in [-0.3, -0.25) is 16.1 Å². The summed E-state index contributed by atoms with van der Waals surface area (Å²) in [6.45, 7) is 3.76. The van der Waals surface area contributed by atoms with E-state index in [2.05, 4.69) is 25.6 Å². The number of hydrazine groups is 1. The largest absolute Gasteiger partial charge is 0.369 e. The Morgan fingerprint density at radius 3 is 2.56 bits per heavy atom. The molecule has 8 heteroatoms. The van der Waals surface area contributed by atoms with E-state index in [0.717, 1.165) is 44.1 Å². The van der Waals surface area contributed by atoms with Gasteiger partial charge in [0, 0.05) is 37.8 Å². The highest BCUT2D eigenvalue weighted by Crippen LogP contribution is 2.46. The maximum absolute atomic E-state index is 14.8. The van der Waals surface area contributed by atoms with E-state index in [1.54, 1.807) is 6.07 Å². The third kappa shape index (κ3) is 2.96. The predicted octanol–water partition coefficient (Wildman–Crippen LogP) is 0.628. The lowest BCUT2D eigenvalue weighted by Gasteiger charge is -2.42. The predicted molar refractivity (Wildman–Crippen MR) is 103 cm³/mol. The number of nitrogens with two attached hydrogens (primary N) is 2. The van der Waals surface area contributed by atoms with Crippen LogP contribution >= 0.6 is 0 Å². The van der Waals surface area contributed by atoms with Gasteiger partial charge in [0.2, 0.25) is 11.7 Å². The van der Waals surface area contributed by atoms with Crippen LogP contribution in [-0.2, 0) is 5.79 Å². The van der Waals surface area contributed by atoms with Crippen LogP contribution in [0.4, 0.5) is 10.1 Å². The van der Waals surface area contributed by atoms with Crippen molar-refractivity contribution < 1.29 is 4.39 Å². The molecule has 27 heavy (non-hydrogen) atoms. The minimum atomic E-state index is -1.23. The molecular weight excluding hydrogens is 345 g/mol. The molecule has 2 saturated carbocycles. The van der Waals surface area contributed by atoms with Gasteiger partial charge in [-0.05, 0) is 43.2 Å². The van der Waals surface area contributed by atoms with E-state index < -0.39 is 5.79 Å². The number of fused-ring (bicyclic) bond motifs is 2. The summed E-state index contributed by atoms with van der Waals surface area (Å²) >= 11 is 0. The molecule has 0 amide bonds. The van der Waals surface area contributed by atoms with Crippen LogP contribution in [0.3, 0.4) is 0 Å². The normalized spacial score (nSPS) is 36.1. The fraction of sp³-hybridized carbons (Fsp3) is 0.632. The van der Waals surface area contributed by atoms with Crippen molar-refractivity contribution in [1.82, 2.24) is 15.8 Å². The molecule has 4 aliphatic rings. The van der Waals surface area contributed by atoms with Gasteiger partial charge in [-0.2, -0.15) is 5.43 Å². The Kier molecular flexibility index (Phi) is 4.03. The fourth-order valence-corrected chi connectivity index (χ4v) is 5.50. The minimum Gasteiger partial charge on any atom is -0.369 e. The van der Waals surface area contributed by atoms with E-state index in [1.807, 2.05) is 6.07 Å². The number of benzene rings is 1. The third-order valence-electron chi connectivity index (χ3n) is 6.89. The van der Waals surface area contributed by atoms with E-state index in [4.69, 9.17) is 11.5 Å². The first-order valence-electron chi connectivity index (χ1n) is 9.98. The van der Waals surface area contributed by atoms with Gasteiger partial charge in [-0.25, -0.2) is 9.38 Å². The molecule has 2 heterocycles. The molecule has 1 aromatic carbocycles. The molecule has 146 valence electrons. The molecule has 0 radical (unpaired) electrons. The standard InChI is InChI=1S/C19H28FN7/c20-15-11-14(19(22)23-18(21)24-25-19)3-4-16(15)26-5-7-27(8-6-26)17-10-12-1-2-13(17)9-12/h3-4,11-13,17,25H,1-2,5-10,22H2,(H3,21,23,24). The van der Waals surface area contributed by atoms with Gasteiger partial charge < -0.3 is 10.6 Å². The quantitative estimate of drug-likeness (QED) is 0.621. The topological polar surface area (TPSA) is 94.9 Å². The number of aliphatic imine (C=N–C) groups is 1. The highest BCUT2D eigenvalue weighted by Gasteiger charge is 2.42. The van der Waals surface area contributed by atoms with Crippen LogP contribution in [0.5, 0.6) is 0 Å². The molecule has 7 nitrogen and oxygen atoms in total. The molecule has 0 spiro atoms. The molecule has 5 rings (SSSR count). The summed E-state index contributed by atoms with van der Waals surface area (Å²) < 4.78 is 14.8. The Hall–Kier alpha value is -1.90. The summed E-state index contributed by atoms with van der Waals surface area (Å²) in [4.78, 5) is 8.90. The molecule has 2 aliphatic heterocycles. The van der Waals surface area contributed by atoms with Gasteiger partial charge in [0.25, 0.3) is 0 Å². The van der Waals surface area contributed by atoms with Crippen molar-refractivity contribution in [3.63, 3.8) is 0 Å². The van der Waals surface area contributed by atoms with Gasteiger partial charge in [0.1, 0.15) is 5.82 Å². The number of nitrogens with zero attached hydrogens (tertiary/aromatic N) is 3. The lowest BCUT2D eigenvalue weighted by atomic mass is 9.93. The second-order valence-electron chi connectivity index (χ2n) is 8.44.